The summed E-state index contributed by atoms with van der Waals surface area (Å²) in [6.07, 6.45) is 0.0711. The quantitative estimate of drug-likeness (QED) is 0.520. The first kappa shape index (κ1) is 18.1. The first-order valence-corrected chi connectivity index (χ1v) is 9.79. The largest absolute Gasteiger partial charge is 0.426 e. The number of rotatable bonds is 2. The van der Waals surface area contributed by atoms with Crippen LogP contribution in [0, 0.1) is 19.8 Å². The van der Waals surface area contributed by atoms with E-state index >= 15 is 0 Å². The van der Waals surface area contributed by atoms with Crippen molar-refractivity contribution < 1.29 is 19.7 Å². The van der Waals surface area contributed by atoms with E-state index in [1.54, 1.807) is 18.2 Å². The lowest BCUT2D eigenvalue weighted by atomic mass is 9.54. The van der Waals surface area contributed by atoms with Crippen LogP contribution in [0.25, 0.3) is 0 Å². The van der Waals surface area contributed by atoms with E-state index in [4.69, 9.17) is 4.74 Å². The molecular formula is C25H22O4. The number of esters is 1. The topological polar surface area (TPSA) is 66.8 Å². The molecule has 0 heterocycles. The van der Waals surface area contributed by atoms with Crippen LogP contribution in [0.2, 0.25) is 0 Å². The van der Waals surface area contributed by atoms with E-state index in [1.807, 2.05) is 62.4 Å². The van der Waals surface area contributed by atoms with E-state index in [1.165, 1.54) is 0 Å². The standard InChI is InChI=1S/C25H22O4/c1-15-7-10-17(11-8-15)29-23(26)22-14-24(27)18-5-3-4-6-19(18)25(22,28)20-12-9-16(2)13-21(20)24/h3-13,22,27-28H,14H2,1-2H3. The van der Waals surface area contributed by atoms with E-state index in [0.29, 0.717) is 28.0 Å². The molecule has 0 radical (unpaired) electrons. The Hall–Kier alpha value is -2.95. The lowest BCUT2D eigenvalue weighted by Gasteiger charge is -2.53. The molecule has 0 amide bonds. The highest BCUT2D eigenvalue weighted by molar-refractivity contribution is 5.81. The molecule has 3 aliphatic carbocycles. The van der Waals surface area contributed by atoms with Gasteiger partial charge in [-0.3, -0.25) is 4.79 Å². The molecule has 0 saturated heterocycles. The summed E-state index contributed by atoms with van der Waals surface area (Å²) >= 11 is 0. The lowest BCUT2D eigenvalue weighted by Crippen LogP contribution is -2.57. The predicted molar refractivity (Wildman–Crippen MR) is 109 cm³/mol. The Labute approximate surface area is 169 Å². The molecule has 0 spiro atoms. The van der Waals surface area contributed by atoms with Gasteiger partial charge in [0.25, 0.3) is 0 Å². The van der Waals surface area contributed by atoms with Gasteiger partial charge in [-0.15, -0.1) is 0 Å². The van der Waals surface area contributed by atoms with Crippen LogP contribution < -0.4 is 4.74 Å². The van der Waals surface area contributed by atoms with Crippen molar-refractivity contribution in [2.24, 2.45) is 5.92 Å². The molecule has 3 aromatic rings. The van der Waals surface area contributed by atoms with E-state index in [-0.39, 0.29) is 6.42 Å². The maximum Gasteiger partial charge on any atom is 0.318 e. The van der Waals surface area contributed by atoms with E-state index in [2.05, 4.69) is 0 Å². The molecule has 3 atom stereocenters. The van der Waals surface area contributed by atoms with Gasteiger partial charge in [-0.25, -0.2) is 0 Å². The molecule has 29 heavy (non-hydrogen) atoms. The Kier molecular flexibility index (Phi) is 3.76. The fourth-order valence-electron chi connectivity index (χ4n) is 4.88. The summed E-state index contributed by atoms with van der Waals surface area (Å²) in [5.41, 5.74) is 1.61. The molecule has 0 aromatic heterocycles. The predicted octanol–water partition coefficient (Wildman–Crippen LogP) is 3.71. The van der Waals surface area contributed by atoms with Gasteiger partial charge in [-0.1, -0.05) is 65.7 Å². The second kappa shape index (κ2) is 6.02. The Morgan fingerprint density at radius 3 is 2.21 bits per heavy atom. The van der Waals surface area contributed by atoms with Crippen molar-refractivity contribution in [1.82, 2.24) is 0 Å². The molecule has 2 N–H and O–H groups in total. The molecule has 4 heteroatoms. The summed E-state index contributed by atoms with van der Waals surface area (Å²) in [7, 11) is 0. The third kappa shape index (κ3) is 2.43. The zero-order valence-corrected chi connectivity index (χ0v) is 16.3. The van der Waals surface area contributed by atoms with Crippen LogP contribution in [0.15, 0.2) is 66.7 Å². The van der Waals surface area contributed by atoms with Crippen molar-refractivity contribution in [1.29, 1.82) is 0 Å². The first-order valence-electron chi connectivity index (χ1n) is 9.79. The number of hydrogen-bond acceptors (Lipinski definition) is 4. The van der Waals surface area contributed by atoms with Crippen LogP contribution in [0.5, 0.6) is 5.75 Å². The van der Waals surface area contributed by atoms with Gasteiger partial charge in [-0.2, -0.15) is 0 Å². The number of carbonyl (C=O) groups excluding carboxylic acids is 1. The van der Waals surface area contributed by atoms with Crippen LogP contribution in [-0.4, -0.2) is 16.2 Å². The van der Waals surface area contributed by atoms with Gasteiger partial charge in [0.1, 0.15) is 17.0 Å². The van der Waals surface area contributed by atoms with Gasteiger partial charge in [0.15, 0.2) is 0 Å². The van der Waals surface area contributed by atoms with Crippen molar-refractivity contribution in [3.05, 3.63) is 100 Å². The maximum atomic E-state index is 13.2. The highest BCUT2D eigenvalue weighted by atomic mass is 16.5. The third-order valence-corrected chi connectivity index (χ3v) is 6.34. The molecule has 0 fully saturated rings. The van der Waals surface area contributed by atoms with E-state index in [0.717, 1.165) is 11.1 Å². The normalized spacial score (nSPS) is 26.6. The summed E-state index contributed by atoms with van der Waals surface area (Å²) in [6, 6.07) is 20.1. The highest BCUT2D eigenvalue weighted by Crippen LogP contribution is 2.59. The second-order valence-corrected chi connectivity index (χ2v) is 8.21. The molecule has 3 unspecified atom stereocenters. The van der Waals surface area contributed by atoms with Gasteiger partial charge in [0.2, 0.25) is 0 Å². The summed E-state index contributed by atoms with van der Waals surface area (Å²) in [5, 5.41) is 23.7. The smallest absolute Gasteiger partial charge is 0.318 e. The second-order valence-electron chi connectivity index (χ2n) is 8.21. The Morgan fingerprint density at radius 2 is 1.48 bits per heavy atom. The highest BCUT2D eigenvalue weighted by Gasteiger charge is 2.62. The van der Waals surface area contributed by atoms with Crippen LogP contribution in [-0.2, 0) is 16.0 Å². The van der Waals surface area contributed by atoms with Crippen molar-refractivity contribution >= 4 is 5.97 Å². The number of aliphatic hydroxyl groups is 2. The molecule has 4 nitrogen and oxygen atoms in total. The number of fused-ring (bicyclic) bond motifs is 1. The monoisotopic (exact) mass is 386 g/mol. The maximum absolute atomic E-state index is 13.2. The van der Waals surface area contributed by atoms with E-state index < -0.39 is 23.1 Å². The van der Waals surface area contributed by atoms with Crippen LogP contribution >= 0.6 is 0 Å². The lowest BCUT2D eigenvalue weighted by molar-refractivity contribution is -0.157. The minimum Gasteiger partial charge on any atom is -0.426 e. The van der Waals surface area contributed by atoms with Crippen LogP contribution in [0.1, 0.15) is 39.8 Å². The Bertz CT molecular complexity index is 1130. The fraction of sp³-hybridized carbons (Fsp3) is 0.240. The SMILES string of the molecule is Cc1ccc(OC(=O)C2CC3(O)c4ccccc4C2(O)c2ccc(C)cc23)cc1. The molecule has 2 bridgehead atoms. The van der Waals surface area contributed by atoms with Crippen LogP contribution in [0.4, 0.5) is 0 Å². The molecular weight excluding hydrogens is 364 g/mol. The average Bonchev–Trinajstić information content (AvgIpc) is 2.71. The summed E-state index contributed by atoms with van der Waals surface area (Å²) in [6.45, 7) is 3.91. The minimum absolute atomic E-state index is 0.0711. The summed E-state index contributed by atoms with van der Waals surface area (Å²) in [5.74, 6) is -1.04. The van der Waals surface area contributed by atoms with Crippen molar-refractivity contribution in [3.63, 3.8) is 0 Å². The minimum atomic E-state index is -1.55. The van der Waals surface area contributed by atoms with E-state index in [9.17, 15) is 15.0 Å². The zero-order chi connectivity index (χ0) is 20.4. The van der Waals surface area contributed by atoms with Gasteiger partial charge in [-0.05, 0) is 48.2 Å². The van der Waals surface area contributed by atoms with Gasteiger partial charge >= 0.3 is 5.97 Å². The number of benzene rings is 3. The number of aryl methyl sites for hydroxylation is 2. The van der Waals surface area contributed by atoms with Crippen molar-refractivity contribution in [2.45, 2.75) is 31.5 Å². The zero-order valence-electron chi connectivity index (χ0n) is 16.3. The van der Waals surface area contributed by atoms with Gasteiger partial charge in [0, 0.05) is 6.42 Å². The van der Waals surface area contributed by atoms with Crippen molar-refractivity contribution in [3.8, 4) is 5.75 Å². The number of hydrogen-bond donors (Lipinski definition) is 2. The molecule has 146 valence electrons. The fourth-order valence-corrected chi connectivity index (χ4v) is 4.88. The summed E-state index contributed by atoms with van der Waals surface area (Å²) in [4.78, 5) is 13.2. The van der Waals surface area contributed by atoms with Gasteiger partial charge < -0.3 is 14.9 Å². The van der Waals surface area contributed by atoms with Crippen LogP contribution in [0.3, 0.4) is 0 Å². The molecule has 3 aromatic carbocycles. The van der Waals surface area contributed by atoms with Crippen molar-refractivity contribution in [2.75, 3.05) is 0 Å². The Morgan fingerprint density at radius 1 is 0.862 bits per heavy atom. The summed E-state index contributed by atoms with van der Waals surface area (Å²) < 4.78 is 5.62. The third-order valence-electron chi connectivity index (χ3n) is 6.34. The molecule has 0 saturated carbocycles. The molecule has 6 rings (SSSR count). The first-order chi connectivity index (χ1) is 13.8. The molecule has 0 aliphatic heterocycles. The Balaban J connectivity index is 1.65. The number of carbonyl (C=O) groups is 1. The van der Waals surface area contributed by atoms with Gasteiger partial charge in [0.05, 0.1) is 5.92 Å². The average molecular weight is 386 g/mol. The number of ether oxygens (including phenoxy) is 1. The molecule has 3 aliphatic rings.